The van der Waals surface area contributed by atoms with Gasteiger partial charge in [-0.15, -0.1) is 11.3 Å². The number of carbonyl (C=O) groups excluding carboxylic acids is 1. The maximum absolute atomic E-state index is 12.1. The normalized spacial score (nSPS) is 10.7. The van der Waals surface area contributed by atoms with E-state index in [2.05, 4.69) is 44.5 Å². The van der Waals surface area contributed by atoms with Crippen LogP contribution in [0.25, 0.3) is 0 Å². The van der Waals surface area contributed by atoms with E-state index in [1.165, 1.54) is 4.88 Å². The van der Waals surface area contributed by atoms with Crippen LogP contribution in [-0.2, 0) is 23.5 Å². The molecule has 0 aliphatic heterocycles. The Morgan fingerprint density at radius 2 is 2.27 bits per heavy atom. The molecule has 0 spiro atoms. The molecule has 2 aromatic heterocycles. The van der Waals surface area contributed by atoms with E-state index in [0.29, 0.717) is 32.4 Å². The van der Waals surface area contributed by atoms with Crippen LogP contribution in [0.4, 0.5) is 0 Å². The number of nitrogens with zero attached hydrogens (tertiary/aromatic N) is 3. The molecular formula is C18H23BrN4OS2. The summed E-state index contributed by atoms with van der Waals surface area (Å²) >= 11 is 7.04. The van der Waals surface area contributed by atoms with Crippen molar-refractivity contribution in [2.45, 2.75) is 45.4 Å². The number of nitrogens with one attached hydrogen (secondary N) is 1. The largest absolute Gasteiger partial charge is 0.355 e. The number of hydrogen-bond donors (Lipinski definition) is 1. The van der Waals surface area contributed by atoms with Gasteiger partial charge in [0.2, 0.25) is 5.91 Å². The molecule has 0 unspecified atom stereocenters. The lowest BCUT2D eigenvalue weighted by Gasteiger charge is -2.06. The summed E-state index contributed by atoms with van der Waals surface area (Å²) in [4.78, 5) is 13.4. The molecule has 26 heavy (non-hydrogen) atoms. The third kappa shape index (κ3) is 6.45. The minimum absolute atomic E-state index is 0.0769. The number of thioether (sulfide) groups is 1. The topological polar surface area (TPSA) is 70.7 Å². The average Bonchev–Trinajstić information content (AvgIpc) is 3.14. The van der Waals surface area contributed by atoms with E-state index in [-0.39, 0.29) is 5.91 Å². The third-order valence-electron chi connectivity index (χ3n) is 4.01. The van der Waals surface area contributed by atoms with E-state index >= 15 is 0 Å². The first kappa shape index (κ1) is 21.0. The Balaban J connectivity index is 1.67. The summed E-state index contributed by atoms with van der Waals surface area (Å²) in [5.41, 5.74) is 3.13. The van der Waals surface area contributed by atoms with Gasteiger partial charge in [-0.3, -0.25) is 9.48 Å². The van der Waals surface area contributed by atoms with Gasteiger partial charge in [0.25, 0.3) is 0 Å². The Morgan fingerprint density at radius 3 is 2.96 bits per heavy atom. The number of amides is 1. The van der Waals surface area contributed by atoms with Crippen molar-refractivity contribution in [2.75, 3.05) is 12.3 Å². The summed E-state index contributed by atoms with van der Waals surface area (Å²) in [5, 5.41) is 16.2. The van der Waals surface area contributed by atoms with Gasteiger partial charge in [0.05, 0.1) is 28.5 Å². The number of aryl methyl sites for hydroxylation is 2. The Morgan fingerprint density at radius 1 is 1.46 bits per heavy atom. The minimum Gasteiger partial charge on any atom is -0.355 e. The fraction of sp³-hybridized carbons (Fsp3) is 0.500. The van der Waals surface area contributed by atoms with Gasteiger partial charge in [-0.2, -0.15) is 22.1 Å². The van der Waals surface area contributed by atoms with Crippen LogP contribution >= 0.6 is 39.0 Å². The first-order valence-corrected chi connectivity index (χ1v) is 11.3. The van der Waals surface area contributed by atoms with E-state index in [1.54, 1.807) is 11.3 Å². The van der Waals surface area contributed by atoms with Crippen molar-refractivity contribution in [3.63, 3.8) is 0 Å². The van der Waals surface area contributed by atoms with Gasteiger partial charge in [0, 0.05) is 35.0 Å². The van der Waals surface area contributed by atoms with Crippen LogP contribution in [0, 0.1) is 25.2 Å². The van der Waals surface area contributed by atoms with Crippen LogP contribution in [0.3, 0.4) is 0 Å². The van der Waals surface area contributed by atoms with Crippen molar-refractivity contribution in [1.29, 1.82) is 5.26 Å². The second kappa shape index (κ2) is 10.8. The number of rotatable bonds is 10. The lowest BCUT2D eigenvalue weighted by atomic mass is 10.1. The maximum Gasteiger partial charge on any atom is 0.220 e. The molecule has 2 rings (SSSR count). The summed E-state index contributed by atoms with van der Waals surface area (Å²) < 4.78 is 3.02. The predicted molar refractivity (Wildman–Crippen MR) is 111 cm³/mol. The lowest BCUT2D eigenvalue weighted by molar-refractivity contribution is -0.120. The number of nitriles is 1. The minimum atomic E-state index is 0.0769. The number of thiophene rings is 1. The molecule has 0 aliphatic rings. The first-order valence-electron chi connectivity index (χ1n) is 8.49. The molecular weight excluding hydrogens is 432 g/mol. The van der Waals surface area contributed by atoms with Crippen LogP contribution < -0.4 is 5.32 Å². The fourth-order valence-corrected chi connectivity index (χ4v) is 5.11. The highest BCUT2D eigenvalue weighted by Gasteiger charge is 2.12. The molecule has 0 fully saturated rings. The molecule has 0 saturated carbocycles. The van der Waals surface area contributed by atoms with E-state index in [9.17, 15) is 4.79 Å². The van der Waals surface area contributed by atoms with Gasteiger partial charge in [-0.1, -0.05) is 0 Å². The first-order chi connectivity index (χ1) is 12.5. The summed E-state index contributed by atoms with van der Waals surface area (Å²) in [5.74, 6) is 1.96. The molecule has 0 atom stereocenters. The summed E-state index contributed by atoms with van der Waals surface area (Å²) in [6, 6.07) is 6.33. The number of hydrogen-bond acceptors (Lipinski definition) is 5. The van der Waals surface area contributed by atoms with Gasteiger partial charge >= 0.3 is 0 Å². The van der Waals surface area contributed by atoms with Crippen LogP contribution in [0.1, 0.15) is 34.7 Å². The van der Waals surface area contributed by atoms with Crippen molar-refractivity contribution in [3.05, 3.63) is 37.7 Å². The van der Waals surface area contributed by atoms with Crippen molar-refractivity contribution in [1.82, 2.24) is 15.1 Å². The van der Waals surface area contributed by atoms with E-state index < -0.39 is 0 Å². The van der Waals surface area contributed by atoms with Crippen molar-refractivity contribution >= 4 is 44.9 Å². The molecule has 0 saturated heterocycles. The number of halogens is 1. The van der Waals surface area contributed by atoms with Crippen LogP contribution in [0.15, 0.2) is 15.9 Å². The Hall–Kier alpha value is -1.30. The van der Waals surface area contributed by atoms with Crippen molar-refractivity contribution < 1.29 is 4.79 Å². The second-order valence-electron chi connectivity index (χ2n) is 5.89. The zero-order valence-electron chi connectivity index (χ0n) is 15.0. The molecule has 2 aromatic rings. The molecule has 0 aromatic carbocycles. The van der Waals surface area contributed by atoms with E-state index in [4.69, 9.17) is 5.26 Å². The van der Waals surface area contributed by atoms with Crippen LogP contribution in [-0.4, -0.2) is 28.0 Å². The van der Waals surface area contributed by atoms with Crippen LogP contribution in [0.5, 0.6) is 0 Å². The number of aromatic nitrogens is 2. The summed E-state index contributed by atoms with van der Waals surface area (Å²) in [6.07, 6.45) is 1.60. The Kier molecular flexibility index (Phi) is 8.69. The van der Waals surface area contributed by atoms with Crippen LogP contribution in [0.2, 0.25) is 0 Å². The molecule has 2 heterocycles. The standard InChI is InChI=1S/C18H23BrN4OS2/c1-13-16(14(2)23(22-13)10-3-8-20)5-7-18(24)21-9-11-25-12-15-4-6-17(19)26-15/h4,6H,3,5,7,9-12H2,1-2H3,(H,21,24). The van der Waals surface area contributed by atoms with Gasteiger partial charge in [0.15, 0.2) is 0 Å². The average molecular weight is 455 g/mol. The maximum atomic E-state index is 12.1. The highest BCUT2D eigenvalue weighted by Crippen LogP contribution is 2.25. The molecule has 1 N–H and O–H groups in total. The predicted octanol–water partition coefficient (Wildman–Crippen LogP) is 4.22. The molecule has 0 bridgehead atoms. The highest BCUT2D eigenvalue weighted by atomic mass is 79.9. The fourth-order valence-electron chi connectivity index (χ4n) is 2.66. The molecule has 5 nitrogen and oxygen atoms in total. The quantitative estimate of drug-likeness (QED) is 0.545. The third-order valence-corrected chi connectivity index (χ3v) is 6.82. The molecule has 8 heteroatoms. The number of carbonyl (C=O) groups is 1. The second-order valence-corrected chi connectivity index (χ2v) is 9.54. The smallest absolute Gasteiger partial charge is 0.220 e. The highest BCUT2D eigenvalue weighted by molar-refractivity contribution is 9.11. The van der Waals surface area contributed by atoms with E-state index in [0.717, 1.165) is 32.2 Å². The Bertz CT molecular complexity index is 779. The molecule has 140 valence electrons. The van der Waals surface area contributed by atoms with E-state index in [1.807, 2.05) is 30.3 Å². The zero-order valence-corrected chi connectivity index (χ0v) is 18.3. The van der Waals surface area contributed by atoms with Gasteiger partial charge in [-0.05, 0) is 53.9 Å². The van der Waals surface area contributed by atoms with Crippen molar-refractivity contribution in [3.8, 4) is 6.07 Å². The molecule has 0 radical (unpaired) electrons. The summed E-state index contributed by atoms with van der Waals surface area (Å²) in [6.45, 7) is 5.26. The molecule has 0 aliphatic carbocycles. The molecule has 1 amide bonds. The monoisotopic (exact) mass is 454 g/mol. The Labute approximate surface area is 171 Å². The lowest BCUT2D eigenvalue weighted by Crippen LogP contribution is -2.26. The SMILES string of the molecule is Cc1nn(CCC#N)c(C)c1CCC(=O)NCCSCc1ccc(Br)s1. The zero-order chi connectivity index (χ0) is 18.9. The van der Waals surface area contributed by atoms with Gasteiger partial charge in [-0.25, -0.2) is 0 Å². The van der Waals surface area contributed by atoms with Gasteiger partial charge in [0.1, 0.15) is 0 Å². The summed E-state index contributed by atoms with van der Waals surface area (Å²) in [7, 11) is 0. The van der Waals surface area contributed by atoms with Crippen molar-refractivity contribution in [2.24, 2.45) is 0 Å². The van der Waals surface area contributed by atoms with Gasteiger partial charge < -0.3 is 5.32 Å².